The fourth-order valence-electron chi connectivity index (χ4n) is 3.05. The van der Waals surface area contributed by atoms with Crippen LogP contribution in [0.5, 0.6) is 0 Å². The number of hydrogen-bond acceptors (Lipinski definition) is 4. The predicted molar refractivity (Wildman–Crippen MR) is 86.9 cm³/mol. The molecule has 1 aliphatic rings. The average Bonchev–Trinajstić information content (AvgIpc) is 3.12. The molecule has 23 heavy (non-hydrogen) atoms. The standard InChI is InChI=1S/C16H24N6O/c1-10(2)6-11-7-12(19-18-11)8-22-5-4-14-13(9-22)15(21-20-14)16(23)17-3/h7,10H,4-6,8-9H2,1-3H3,(H,17,23)(H,18,19)(H,20,21). The van der Waals surface area contributed by atoms with Gasteiger partial charge in [-0.15, -0.1) is 0 Å². The fourth-order valence-corrected chi connectivity index (χ4v) is 3.05. The van der Waals surface area contributed by atoms with Crippen molar-refractivity contribution in [1.29, 1.82) is 0 Å². The van der Waals surface area contributed by atoms with Crippen LogP contribution >= 0.6 is 0 Å². The third kappa shape index (κ3) is 3.44. The van der Waals surface area contributed by atoms with E-state index in [2.05, 4.69) is 50.5 Å². The topological polar surface area (TPSA) is 89.7 Å². The number of aromatic amines is 2. The van der Waals surface area contributed by atoms with Gasteiger partial charge in [0, 0.05) is 50.1 Å². The number of carbonyl (C=O) groups is 1. The lowest BCUT2D eigenvalue weighted by Gasteiger charge is -2.26. The van der Waals surface area contributed by atoms with Crippen molar-refractivity contribution < 1.29 is 4.79 Å². The van der Waals surface area contributed by atoms with E-state index < -0.39 is 0 Å². The number of nitrogens with one attached hydrogen (secondary N) is 3. The van der Waals surface area contributed by atoms with Crippen LogP contribution in [0.4, 0.5) is 0 Å². The summed E-state index contributed by atoms with van der Waals surface area (Å²) in [6.45, 7) is 6.87. The van der Waals surface area contributed by atoms with Crippen molar-refractivity contribution in [3.05, 3.63) is 34.4 Å². The first-order valence-electron chi connectivity index (χ1n) is 8.10. The van der Waals surface area contributed by atoms with Crippen molar-refractivity contribution in [2.45, 2.75) is 39.8 Å². The van der Waals surface area contributed by atoms with E-state index in [1.54, 1.807) is 7.05 Å². The highest BCUT2D eigenvalue weighted by atomic mass is 16.1. The van der Waals surface area contributed by atoms with Crippen LogP contribution in [-0.4, -0.2) is 44.8 Å². The largest absolute Gasteiger partial charge is 0.354 e. The number of rotatable bonds is 5. The Bertz CT molecular complexity index is 687. The summed E-state index contributed by atoms with van der Waals surface area (Å²) < 4.78 is 0. The monoisotopic (exact) mass is 316 g/mol. The Kier molecular flexibility index (Phi) is 4.47. The molecular weight excluding hydrogens is 292 g/mol. The fraction of sp³-hybridized carbons (Fsp3) is 0.562. The van der Waals surface area contributed by atoms with Gasteiger partial charge in [-0.3, -0.25) is 19.9 Å². The van der Waals surface area contributed by atoms with E-state index in [9.17, 15) is 4.79 Å². The maximum absolute atomic E-state index is 11.9. The third-order valence-electron chi connectivity index (χ3n) is 4.15. The second kappa shape index (κ2) is 6.54. The van der Waals surface area contributed by atoms with Crippen LogP contribution in [0.1, 0.15) is 47.0 Å². The lowest BCUT2D eigenvalue weighted by molar-refractivity contribution is 0.0955. The van der Waals surface area contributed by atoms with Gasteiger partial charge in [-0.1, -0.05) is 13.8 Å². The zero-order chi connectivity index (χ0) is 16.4. The lowest BCUT2D eigenvalue weighted by Crippen LogP contribution is -2.31. The van der Waals surface area contributed by atoms with Crippen molar-refractivity contribution in [1.82, 2.24) is 30.6 Å². The average molecular weight is 316 g/mol. The van der Waals surface area contributed by atoms with Gasteiger partial charge in [0.05, 0.1) is 5.69 Å². The van der Waals surface area contributed by atoms with E-state index in [-0.39, 0.29) is 5.91 Å². The minimum atomic E-state index is -0.134. The molecule has 0 bridgehead atoms. The highest BCUT2D eigenvalue weighted by molar-refractivity contribution is 5.93. The van der Waals surface area contributed by atoms with Gasteiger partial charge >= 0.3 is 0 Å². The highest BCUT2D eigenvalue weighted by Gasteiger charge is 2.25. The normalized spacial score (nSPS) is 15.0. The molecule has 0 aromatic carbocycles. The summed E-state index contributed by atoms with van der Waals surface area (Å²) in [6, 6.07) is 2.14. The second-order valence-corrected chi connectivity index (χ2v) is 6.55. The van der Waals surface area contributed by atoms with E-state index >= 15 is 0 Å². The Balaban J connectivity index is 1.68. The van der Waals surface area contributed by atoms with Crippen molar-refractivity contribution >= 4 is 5.91 Å². The van der Waals surface area contributed by atoms with Crippen LogP contribution in [0, 0.1) is 5.92 Å². The molecule has 0 aliphatic carbocycles. The summed E-state index contributed by atoms with van der Waals surface area (Å²) in [5.74, 6) is 0.467. The van der Waals surface area contributed by atoms with Crippen molar-refractivity contribution in [3.63, 3.8) is 0 Å². The number of hydrogen-bond donors (Lipinski definition) is 3. The van der Waals surface area contributed by atoms with Crippen molar-refractivity contribution in [3.8, 4) is 0 Å². The van der Waals surface area contributed by atoms with Crippen molar-refractivity contribution in [2.75, 3.05) is 13.6 Å². The van der Waals surface area contributed by atoms with Gasteiger partial charge < -0.3 is 5.32 Å². The molecule has 124 valence electrons. The van der Waals surface area contributed by atoms with Gasteiger partial charge in [0.2, 0.25) is 0 Å². The molecule has 0 saturated heterocycles. The van der Waals surface area contributed by atoms with Gasteiger partial charge in [0.25, 0.3) is 5.91 Å². The first-order valence-corrected chi connectivity index (χ1v) is 8.10. The van der Waals surface area contributed by atoms with E-state index in [1.165, 1.54) is 0 Å². The number of H-pyrrole nitrogens is 2. The van der Waals surface area contributed by atoms with E-state index in [0.717, 1.165) is 55.1 Å². The molecule has 3 N–H and O–H groups in total. The van der Waals surface area contributed by atoms with E-state index in [0.29, 0.717) is 11.6 Å². The summed E-state index contributed by atoms with van der Waals surface area (Å²) in [5.41, 5.74) is 4.83. The molecule has 7 nitrogen and oxygen atoms in total. The number of nitrogens with zero attached hydrogens (tertiary/aromatic N) is 3. The van der Waals surface area contributed by atoms with Gasteiger partial charge in [0.1, 0.15) is 0 Å². The number of carbonyl (C=O) groups excluding carboxylic acids is 1. The zero-order valence-corrected chi connectivity index (χ0v) is 13.9. The van der Waals surface area contributed by atoms with Crippen LogP contribution in [0.25, 0.3) is 0 Å². The van der Waals surface area contributed by atoms with Crippen LogP contribution < -0.4 is 5.32 Å². The Morgan fingerprint density at radius 3 is 2.96 bits per heavy atom. The Morgan fingerprint density at radius 1 is 1.39 bits per heavy atom. The molecule has 0 radical (unpaired) electrons. The number of amides is 1. The summed E-state index contributed by atoms with van der Waals surface area (Å²) in [7, 11) is 1.63. The molecule has 0 atom stereocenters. The van der Waals surface area contributed by atoms with Crippen LogP contribution in [-0.2, 0) is 25.9 Å². The zero-order valence-electron chi connectivity index (χ0n) is 13.9. The summed E-state index contributed by atoms with van der Waals surface area (Å²) >= 11 is 0. The highest BCUT2D eigenvalue weighted by Crippen LogP contribution is 2.21. The number of fused-ring (bicyclic) bond motifs is 1. The Morgan fingerprint density at radius 2 is 2.22 bits per heavy atom. The molecule has 0 saturated carbocycles. The first kappa shape index (κ1) is 15.7. The Labute approximate surface area is 135 Å². The molecule has 2 aromatic heterocycles. The maximum atomic E-state index is 11.9. The minimum Gasteiger partial charge on any atom is -0.354 e. The molecule has 2 aromatic rings. The molecule has 1 amide bonds. The second-order valence-electron chi connectivity index (χ2n) is 6.55. The van der Waals surface area contributed by atoms with Gasteiger partial charge in [-0.25, -0.2) is 0 Å². The van der Waals surface area contributed by atoms with Gasteiger partial charge in [-0.2, -0.15) is 10.2 Å². The molecule has 7 heteroatoms. The van der Waals surface area contributed by atoms with E-state index in [4.69, 9.17) is 0 Å². The minimum absolute atomic E-state index is 0.134. The smallest absolute Gasteiger partial charge is 0.271 e. The molecule has 0 unspecified atom stereocenters. The van der Waals surface area contributed by atoms with E-state index in [1.807, 2.05) is 0 Å². The SMILES string of the molecule is CNC(=O)c1n[nH]c2c1CN(Cc1cc(CC(C)C)n[nH]1)CC2. The summed E-state index contributed by atoms with van der Waals surface area (Å²) in [4.78, 5) is 14.2. The maximum Gasteiger partial charge on any atom is 0.271 e. The molecule has 0 fully saturated rings. The quantitative estimate of drug-likeness (QED) is 0.774. The van der Waals surface area contributed by atoms with Gasteiger partial charge in [0.15, 0.2) is 5.69 Å². The molecule has 3 heterocycles. The lowest BCUT2D eigenvalue weighted by atomic mass is 10.0. The molecule has 1 aliphatic heterocycles. The number of aromatic nitrogens is 4. The summed E-state index contributed by atoms with van der Waals surface area (Å²) in [6.07, 6.45) is 1.87. The molecule has 0 spiro atoms. The predicted octanol–water partition coefficient (Wildman–Crippen LogP) is 1.25. The Hall–Kier alpha value is -2.15. The first-order chi connectivity index (χ1) is 11.1. The van der Waals surface area contributed by atoms with Crippen LogP contribution in [0.2, 0.25) is 0 Å². The van der Waals surface area contributed by atoms with Crippen LogP contribution in [0.3, 0.4) is 0 Å². The van der Waals surface area contributed by atoms with Crippen LogP contribution in [0.15, 0.2) is 6.07 Å². The van der Waals surface area contributed by atoms with Crippen molar-refractivity contribution in [2.24, 2.45) is 5.92 Å². The molecule has 3 rings (SSSR count). The summed E-state index contributed by atoms with van der Waals surface area (Å²) in [5, 5.41) is 17.3. The molecular formula is C16H24N6O. The third-order valence-corrected chi connectivity index (χ3v) is 4.15. The van der Waals surface area contributed by atoms with Gasteiger partial charge in [-0.05, 0) is 18.4 Å².